The van der Waals surface area contributed by atoms with E-state index in [1.807, 2.05) is 0 Å². The molecular weight excluding hydrogens is 328 g/mol. The summed E-state index contributed by atoms with van der Waals surface area (Å²) >= 11 is 0. The van der Waals surface area contributed by atoms with Gasteiger partial charge in [0.2, 0.25) is 10.4 Å². The predicted molar refractivity (Wildman–Crippen MR) is 72.2 cm³/mol. The molecule has 0 aromatic rings. The van der Waals surface area contributed by atoms with Crippen molar-refractivity contribution in [3.8, 4) is 0 Å². The number of rotatable bonds is 6. The molecule has 1 fully saturated rings. The largest absolute Gasteiger partial charge is 0.726 e. The third-order valence-corrected chi connectivity index (χ3v) is 6.72. The molecule has 0 saturated carbocycles. The maximum atomic E-state index is 10.5. The molecule has 0 aromatic heterocycles. The van der Waals surface area contributed by atoms with Crippen LogP contribution in [-0.4, -0.2) is 92.4 Å². The molecule has 5 N–H and O–H groups in total. The van der Waals surface area contributed by atoms with E-state index in [4.69, 9.17) is 5.11 Å². The zero-order valence-corrected chi connectivity index (χ0v) is 12.9. The molecule has 126 valence electrons. The summed E-state index contributed by atoms with van der Waals surface area (Å²) in [5, 5.41) is 47.3. The number of hydrogen-bond donors (Lipinski definition) is 5. The van der Waals surface area contributed by atoms with E-state index >= 15 is 0 Å². The zero-order chi connectivity index (χ0) is 16.4. The van der Waals surface area contributed by atoms with Gasteiger partial charge in [-0.1, -0.05) is 0 Å². The molecule has 9 nitrogen and oxygen atoms in total. The van der Waals surface area contributed by atoms with Crippen molar-refractivity contribution in [3.05, 3.63) is 0 Å². The smallest absolute Gasteiger partial charge is 0.218 e. The summed E-state index contributed by atoms with van der Waals surface area (Å²) in [6, 6.07) is 0. The van der Waals surface area contributed by atoms with E-state index in [1.54, 1.807) is 6.92 Å². The van der Waals surface area contributed by atoms with Gasteiger partial charge in [-0.2, -0.15) is 0 Å². The van der Waals surface area contributed by atoms with E-state index < -0.39 is 63.7 Å². The van der Waals surface area contributed by atoms with Crippen LogP contribution in [0.4, 0.5) is 0 Å². The minimum atomic E-state index is -5.07. The van der Waals surface area contributed by atoms with Crippen molar-refractivity contribution in [2.24, 2.45) is 0 Å². The fourth-order valence-electron chi connectivity index (χ4n) is 2.09. The van der Waals surface area contributed by atoms with Crippen LogP contribution in [0.3, 0.4) is 0 Å². The lowest BCUT2D eigenvalue weighted by molar-refractivity contribution is -0.0549. The van der Waals surface area contributed by atoms with Crippen LogP contribution >= 0.6 is 0 Å². The average Bonchev–Trinajstić information content (AvgIpc) is 2.38. The highest BCUT2D eigenvalue weighted by Gasteiger charge is 2.48. The first-order valence-corrected chi connectivity index (χ1v) is 9.16. The van der Waals surface area contributed by atoms with E-state index in [1.165, 1.54) is 0 Å². The highest BCUT2D eigenvalue weighted by Crippen LogP contribution is 2.24. The molecule has 1 unspecified atom stereocenters. The SMILES string of the molecule is C[C@H]1[C@@H](O)[C@@H](O)[C@H](O)C[S+]1C[C@H](O)[C@@H](CO)OS(=O)(=O)[O-]. The lowest BCUT2D eigenvalue weighted by Gasteiger charge is -2.34. The van der Waals surface area contributed by atoms with Crippen molar-refractivity contribution < 1.29 is 42.7 Å². The second-order valence-corrected chi connectivity index (χ2v) is 8.41. The maximum Gasteiger partial charge on any atom is 0.218 e. The molecule has 1 saturated heterocycles. The fraction of sp³-hybridized carbons (Fsp3) is 1.00. The third kappa shape index (κ3) is 5.30. The van der Waals surface area contributed by atoms with Crippen molar-refractivity contribution >= 4 is 21.3 Å². The fourth-order valence-corrected chi connectivity index (χ4v) is 5.17. The lowest BCUT2D eigenvalue weighted by atomic mass is 10.1. The van der Waals surface area contributed by atoms with E-state index in [-0.39, 0.29) is 11.5 Å². The second-order valence-electron chi connectivity index (χ2n) is 4.92. The summed E-state index contributed by atoms with van der Waals surface area (Å²) in [7, 11) is -5.82. The van der Waals surface area contributed by atoms with Crippen molar-refractivity contribution in [1.29, 1.82) is 0 Å². The van der Waals surface area contributed by atoms with Gasteiger partial charge in [-0.3, -0.25) is 4.18 Å². The molecule has 0 bridgehead atoms. The van der Waals surface area contributed by atoms with Crippen LogP contribution < -0.4 is 0 Å². The molecule has 11 heteroatoms. The van der Waals surface area contributed by atoms with Crippen LogP contribution in [0.1, 0.15) is 6.92 Å². The van der Waals surface area contributed by atoms with Gasteiger partial charge in [0.25, 0.3) is 0 Å². The minimum absolute atomic E-state index is 0.0806. The number of aliphatic hydroxyl groups excluding tert-OH is 5. The number of aliphatic hydroxyl groups is 5. The van der Waals surface area contributed by atoms with Gasteiger partial charge in [0.15, 0.2) is 0 Å². The topological polar surface area (TPSA) is 168 Å². The first-order valence-electron chi connectivity index (χ1n) is 6.20. The summed E-state index contributed by atoms with van der Waals surface area (Å²) in [6.45, 7) is 0.747. The normalized spacial score (nSPS) is 37.2. The van der Waals surface area contributed by atoms with E-state index in [2.05, 4.69) is 4.18 Å². The van der Waals surface area contributed by atoms with Gasteiger partial charge in [-0.15, -0.1) is 0 Å². The molecule has 0 aliphatic carbocycles. The van der Waals surface area contributed by atoms with Crippen molar-refractivity contribution in [2.75, 3.05) is 18.1 Å². The van der Waals surface area contributed by atoms with Crippen LogP contribution in [0, 0.1) is 0 Å². The van der Waals surface area contributed by atoms with E-state index in [9.17, 15) is 33.4 Å². The van der Waals surface area contributed by atoms with Crippen LogP contribution in [0.25, 0.3) is 0 Å². The Bertz CT molecular complexity index is 428. The summed E-state index contributed by atoms with van der Waals surface area (Å²) in [5.74, 6) is 0.0292. The summed E-state index contributed by atoms with van der Waals surface area (Å²) < 4.78 is 35.5. The molecule has 0 aromatic carbocycles. The first kappa shape index (κ1) is 19.1. The highest BCUT2D eigenvalue weighted by molar-refractivity contribution is 7.97. The van der Waals surface area contributed by atoms with Crippen molar-refractivity contribution in [2.45, 2.75) is 42.7 Å². The van der Waals surface area contributed by atoms with Gasteiger partial charge in [0.1, 0.15) is 47.3 Å². The van der Waals surface area contributed by atoms with Crippen LogP contribution in [0.5, 0.6) is 0 Å². The summed E-state index contributed by atoms with van der Waals surface area (Å²) in [6.07, 6.45) is -6.69. The Morgan fingerprint density at radius 2 is 1.90 bits per heavy atom. The van der Waals surface area contributed by atoms with Gasteiger partial charge in [-0.25, -0.2) is 8.42 Å². The quantitative estimate of drug-likeness (QED) is 0.184. The van der Waals surface area contributed by atoms with Crippen molar-refractivity contribution in [3.63, 3.8) is 0 Å². The van der Waals surface area contributed by atoms with Gasteiger partial charge in [0.05, 0.1) is 6.61 Å². The second kappa shape index (κ2) is 7.53. The summed E-state index contributed by atoms with van der Waals surface area (Å²) in [5.41, 5.74) is 0. The Hall–Kier alpha value is 0.0200. The molecule has 1 heterocycles. The van der Waals surface area contributed by atoms with E-state index in [0.29, 0.717) is 0 Å². The molecule has 0 radical (unpaired) electrons. The summed E-state index contributed by atoms with van der Waals surface area (Å²) in [4.78, 5) is 0. The van der Waals surface area contributed by atoms with Crippen molar-refractivity contribution in [1.82, 2.24) is 0 Å². The molecule has 0 amide bonds. The van der Waals surface area contributed by atoms with Crippen LogP contribution in [0.15, 0.2) is 0 Å². The number of hydrogen-bond acceptors (Lipinski definition) is 9. The Morgan fingerprint density at radius 1 is 1.33 bits per heavy atom. The van der Waals surface area contributed by atoms with Crippen LogP contribution in [-0.2, 0) is 25.5 Å². The van der Waals surface area contributed by atoms with Gasteiger partial charge >= 0.3 is 0 Å². The molecule has 1 aliphatic heterocycles. The first-order chi connectivity index (χ1) is 9.56. The zero-order valence-electron chi connectivity index (χ0n) is 11.3. The Labute approximate surface area is 125 Å². The van der Waals surface area contributed by atoms with E-state index in [0.717, 1.165) is 0 Å². The van der Waals surface area contributed by atoms with Crippen LogP contribution in [0.2, 0.25) is 0 Å². The predicted octanol–water partition coefficient (Wildman–Crippen LogP) is -3.71. The Balaban J connectivity index is 2.70. The standard InChI is InChI=1S/C10H20O9S2/c1-5-9(14)10(15)7(13)4-20(5)3-6(12)8(2-11)19-21(16,17)18/h5-15H,2-4H2,1H3/t5-,6-,7+,8+,9+,10-,20?/m0/s1. The molecule has 0 spiro atoms. The average molecular weight is 348 g/mol. The highest BCUT2D eigenvalue weighted by atomic mass is 32.3. The molecular formula is C10H20O9S2. The molecule has 1 aliphatic rings. The Morgan fingerprint density at radius 3 is 2.38 bits per heavy atom. The lowest BCUT2D eigenvalue weighted by Crippen LogP contribution is -2.57. The minimum Gasteiger partial charge on any atom is -0.726 e. The monoisotopic (exact) mass is 348 g/mol. The van der Waals surface area contributed by atoms with Gasteiger partial charge < -0.3 is 30.1 Å². The molecule has 21 heavy (non-hydrogen) atoms. The Kier molecular flexibility index (Phi) is 6.83. The molecule has 7 atom stereocenters. The third-order valence-electron chi connectivity index (χ3n) is 3.37. The van der Waals surface area contributed by atoms with Gasteiger partial charge in [0, 0.05) is 0 Å². The maximum absolute atomic E-state index is 10.5. The molecule has 1 rings (SSSR count). The van der Waals surface area contributed by atoms with Gasteiger partial charge in [-0.05, 0) is 17.8 Å².